The van der Waals surface area contributed by atoms with Crippen molar-refractivity contribution >= 4 is 60.5 Å². The summed E-state index contributed by atoms with van der Waals surface area (Å²) in [6.45, 7) is 2.37. The van der Waals surface area contributed by atoms with Gasteiger partial charge in [-0.25, -0.2) is 0 Å². The van der Waals surface area contributed by atoms with Gasteiger partial charge in [-0.2, -0.15) is 0 Å². The first-order valence-electron chi connectivity index (χ1n) is 18.7. The third-order valence-electron chi connectivity index (χ3n) is 11.7. The van der Waals surface area contributed by atoms with Crippen LogP contribution in [-0.4, -0.2) is 0 Å². The van der Waals surface area contributed by atoms with Crippen LogP contribution in [0.5, 0.6) is 0 Å². The second-order valence-corrected chi connectivity index (χ2v) is 14.6. The van der Waals surface area contributed by atoms with Gasteiger partial charge >= 0.3 is 0 Å². The van der Waals surface area contributed by atoms with Crippen LogP contribution in [0.2, 0.25) is 0 Å². The van der Waals surface area contributed by atoms with Crippen molar-refractivity contribution in [1.82, 2.24) is 0 Å². The van der Waals surface area contributed by atoms with Gasteiger partial charge in [-0.3, -0.25) is 0 Å². The third-order valence-corrected chi connectivity index (χ3v) is 11.7. The fraction of sp³-hybridized carbons (Fsp3) is 0.0385. The zero-order chi connectivity index (χ0) is 35.8. The number of rotatable bonds is 5. The van der Waals surface area contributed by atoms with Gasteiger partial charge in [-0.15, -0.1) is 0 Å². The lowest BCUT2D eigenvalue weighted by Crippen LogP contribution is -2.22. The molecule has 1 heterocycles. The van der Waals surface area contributed by atoms with E-state index >= 15 is 0 Å². The molecule has 0 saturated carbocycles. The maximum atomic E-state index is 6.56. The maximum absolute atomic E-state index is 6.56. The van der Waals surface area contributed by atoms with E-state index in [1.54, 1.807) is 0 Å². The Balaban J connectivity index is 1.13. The second kappa shape index (κ2) is 11.8. The molecular formula is C52H35NO. The first kappa shape index (κ1) is 30.7. The summed E-state index contributed by atoms with van der Waals surface area (Å²) < 4.78 is 6.56. The zero-order valence-electron chi connectivity index (χ0n) is 29.8. The highest BCUT2D eigenvalue weighted by atomic mass is 16.3. The van der Waals surface area contributed by atoms with Crippen LogP contribution in [-0.2, 0) is 5.41 Å². The van der Waals surface area contributed by atoms with E-state index in [0.717, 1.165) is 39.0 Å². The minimum absolute atomic E-state index is 0.293. The van der Waals surface area contributed by atoms with E-state index in [0.29, 0.717) is 0 Å². The summed E-state index contributed by atoms with van der Waals surface area (Å²) in [7, 11) is 0. The minimum Gasteiger partial charge on any atom is -0.456 e. The Morgan fingerprint density at radius 2 is 0.963 bits per heavy atom. The fourth-order valence-electron chi connectivity index (χ4n) is 9.06. The number of benzene rings is 9. The van der Waals surface area contributed by atoms with Crippen molar-refractivity contribution in [2.45, 2.75) is 12.3 Å². The first-order chi connectivity index (χ1) is 26.6. The van der Waals surface area contributed by atoms with Gasteiger partial charge in [-0.1, -0.05) is 146 Å². The molecule has 11 rings (SSSR count). The van der Waals surface area contributed by atoms with Gasteiger partial charge in [0.25, 0.3) is 0 Å². The molecular weight excluding hydrogens is 655 g/mol. The molecule has 0 amide bonds. The fourth-order valence-corrected chi connectivity index (χ4v) is 9.06. The van der Waals surface area contributed by atoms with Crippen molar-refractivity contribution in [1.29, 1.82) is 0 Å². The quantitative estimate of drug-likeness (QED) is 0.167. The van der Waals surface area contributed by atoms with Gasteiger partial charge in [0.05, 0.1) is 5.69 Å². The van der Waals surface area contributed by atoms with E-state index in [2.05, 4.69) is 206 Å². The smallest absolute Gasteiger partial charge is 0.135 e. The number of nitrogens with zero attached hydrogens (tertiary/aromatic N) is 1. The van der Waals surface area contributed by atoms with Crippen LogP contribution in [0.25, 0.3) is 65.7 Å². The molecule has 0 spiro atoms. The lowest BCUT2D eigenvalue weighted by atomic mass is 9.74. The molecule has 254 valence electrons. The highest BCUT2D eigenvalue weighted by Crippen LogP contribution is 2.53. The Morgan fingerprint density at radius 1 is 0.407 bits per heavy atom. The van der Waals surface area contributed by atoms with E-state index in [-0.39, 0.29) is 5.41 Å². The molecule has 0 unspecified atom stereocenters. The van der Waals surface area contributed by atoms with Crippen LogP contribution in [0.4, 0.5) is 17.1 Å². The van der Waals surface area contributed by atoms with Crippen molar-refractivity contribution in [2.75, 3.05) is 4.90 Å². The molecule has 10 aromatic rings. The second-order valence-electron chi connectivity index (χ2n) is 14.6. The molecule has 0 N–H and O–H groups in total. The largest absolute Gasteiger partial charge is 0.456 e. The number of furan rings is 1. The zero-order valence-corrected chi connectivity index (χ0v) is 29.8. The van der Waals surface area contributed by atoms with E-state index in [4.69, 9.17) is 4.42 Å². The Bertz CT molecular complexity index is 3020. The van der Waals surface area contributed by atoms with Crippen LogP contribution in [0.15, 0.2) is 199 Å². The highest BCUT2D eigenvalue weighted by Gasteiger charge is 2.40. The van der Waals surface area contributed by atoms with Crippen LogP contribution in [0, 0.1) is 0 Å². The Kier molecular flexibility index (Phi) is 6.72. The normalized spacial score (nSPS) is 13.1. The van der Waals surface area contributed by atoms with Crippen LogP contribution in [0.3, 0.4) is 0 Å². The molecule has 0 atom stereocenters. The molecule has 0 bridgehead atoms. The topological polar surface area (TPSA) is 16.4 Å². The van der Waals surface area contributed by atoms with Crippen LogP contribution >= 0.6 is 0 Å². The van der Waals surface area contributed by atoms with Crippen molar-refractivity contribution in [2.24, 2.45) is 0 Å². The van der Waals surface area contributed by atoms with Gasteiger partial charge in [0.1, 0.15) is 11.2 Å². The SMILES string of the molecule is CC1(c2ccc3oc4ccc(N(c5ccc(-c6ccccc6)cc5)c5cc6ccccc6c6ccccc56)cc4c3c2)c2ccccc2-c2ccccc21. The average Bonchev–Trinajstić information content (AvgIpc) is 3.74. The Morgan fingerprint density at radius 3 is 1.70 bits per heavy atom. The summed E-state index contributed by atoms with van der Waals surface area (Å²) in [4.78, 5) is 2.41. The summed E-state index contributed by atoms with van der Waals surface area (Å²) in [5.74, 6) is 0. The van der Waals surface area contributed by atoms with Crippen LogP contribution in [0.1, 0.15) is 23.6 Å². The summed E-state index contributed by atoms with van der Waals surface area (Å²) in [5.41, 5.74) is 13.7. The molecule has 0 saturated heterocycles. The molecule has 54 heavy (non-hydrogen) atoms. The van der Waals surface area contributed by atoms with E-state index < -0.39 is 0 Å². The average molecular weight is 690 g/mol. The summed E-state index contributed by atoms with van der Waals surface area (Å²) >= 11 is 0. The monoisotopic (exact) mass is 689 g/mol. The maximum Gasteiger partial charge on any atom is 0.135 e. The summed E-state index contributed by atoms with van der Waals surface area (Å²) in [5, 5.41) is 7.12. The van der Waals surface area contributed by atoms with E-state index in [1.807, 2.05) is 0 Å². The Hall–Kier alpha value is -6.90. The molecule has 9 aromatic carbocycles. The number of hydrogen-bond donors (Lipinski definition) is 0. The van der Waals surface area contributed by atoms with Gasteiger partial charge in [0.2, 0.25) is 0 Å². The van der Waals surface area contributed by atoms with Crippen molar-refractivity contribution in [3.8, 4) is 22.3 Å². The molecule has 1 aromatic heterocycles. The van der Waals surface area contributed by atoms with E-state index in [9.17, 15) is 0 Å². The van der Waals surface area contributed by atoms with Gasteiger partial charge < -0.3 is 9.32 Å². The van der Waals surface area contributed by atoms with Crippen molar-refractivity contribution in [3.05, 3.63) is 211 Å². The molecule has 0 fully saturated rings. The van der Waals surface area contributed by atoms with Gasteiger partial charge in [0.15, 0.2) is 0 Å². The third kappa shape index (κ3) is 4.53. The van der Waals surface area contributed by atoms with Crippen LogP contribution < -0.4 is 4.90 Å². The molecule has 0 aliphatic heterocycles. The van der Waals surface area contributed by atoms with Gasteiger partial charge in [-0.05, 0) is 111 Å². The number of anilines is 3. The summed E-state index contributed by atoms with van der Waals surface area (Å²) in [6, 6.07) is 70.5. The van der Waals surface area contributed by atoms with Gasteiger partial charge in [0, 0.05) is 32.9 Å². The highest BCUT2D eigenvalue weighted by molar-refractivity contribution is 6.15. The standard InChI is InChI=1S/C52H35NO/c1-52(47-21-11-9-18-42(47)43-19-10-12-22-48(43)52)37-25-29-50-45(32-37)46-33-39(28-30-51(46)54-50)53(38-26-23-35(24-27-38)34-13-3-2-4-14-34)49-31-36-15-5-6-16-40(36)41-17-7-8-20-44(41)49/h2-33H,1H3. The van der Waals surface area contributed by atoms with E-state index in [1.165, 1.54) is 60.5 Å². The Labute approximate surface area is 314 Å². The predicted octanol–water partition coefficient (Wildman–Crippen LogP) is 14.4. The lowest BCUT2D eigenvalue weighted by molar-refractivity contribution is 0.667. The molecule has 0 radical (unpaired) electrons. The predicted molar refractivity (Wildman–Crippen MR) is 226 cm³/mol. The first-order valence-corrected chi connectivity index (χ1v) is 18.7. The molecule has 2 nitrogen and oxygen atoms in total. The molecule has 2 heteroatoms. The molecule has 1 aliphatic rings. The lowest BCUT2D eigenvalue weighted by Gasteiger charge is -2.28. The summed E-state index contributed by atoms with van der Waals surface area (Å²) in [6.07, 6.45) is 0. The number of fused-ring (bicyclic) bond motifs is 9. The molecule has 1 aliphatic carbocycles. The number of hydrogen-bond acceptors (Lipinski definition) is 2. The van der Waals surface area contributed by atoms with Crippen molar-refractivity contribution in [3.63, 3.8) is 0 Å². The minimum atomic E-state index is -0.293. The van der Waals surface area contributed by atoms with Crippen molar-refractivity contribution < 1.29 is 4.42 Å².